The van der Waals surface area contributed by atoms with E-state index in [1.54, 1.807) is 26.4 Å². The lowest BCUT2D eigenvalue weighted by molar-refractivity contribution is -0.135. The van der Waals surface area contributed by atoms with E-state index in [1.807, 2.05) is 60.4 Å². The van der Waals surface area contributed by atoms with Crippen molar-refractivity contribution < 1.29 is 19.0 Å². The number of fused-ring (bicyclic) bond motifs is 1. The lowest BCUT2D eigenvalue weighted by Crippen LogP contribution is -2.43. The van der Waals surface area contributed by atoms with E-state index in [0.29, 0.717) is 28.8 Å². The molecule has 0 saturated carbocycles. The third-order valence-corrected chi connectivity index (χ3v) is 6.23. The molecule has 0 aliphatic carbocycles. The molecular formula is C26H26ClNO4. The number of carbonyl (C=O) groups excluding carboxylic acids is 1. The van der Waals surface area contributed by atoms with Crippen molar-refractivity contribution in [3.63, 3.8) is 0 Å². The maximum atomic E-state index is 13.3. The number of amides is 1. The summed E-state index contributed by atoms with van der Waals surface area (Å²) in [6.45, 7) is 2.45. The minimum absolute atomic E-state index is 0.0486. The van der Waals surface area contributed by atoms with E-state index in [-0.39, 0.29) is 18.6 Å². The Labute approximate surface area is 193 Å². The number of nitrogens with zero attached hydrogens (tertiary/aromatic N) is 1. The van der Waals surface area contributed by atoms with Crippen LogP contribution in [0.2, 0.25) is 5.02 Å². The molecule has 1 atom stereocenters. The zero-order valence-corrected chi connectivity index (χ0v) is 19.2. The van der Waals surface area contributed by atoms with Crippen molar-refractivity contribution in [3.05, 3.63) is 87.9 Å². The van der Waals surface area contributed by atoms with Crippen LogP contribution in [0.25, 0.3) is 0 Å². The number of aryl methyl sites for hydroxylation is 1. The van der Waals surface area contributed by atoms with Crippen LogP contribution in [0.4, 0.5) is 0 Å². The van der Waals surface area contributed by atoms with Crippen molar-refractivity contribution >= 4 is 17.5 Å². The first-order valence-corrected chi connectivity index (χ1v) is 10.9. The van der Waals surface area contributed by atoms with E-state index in [0.717, 1.165) is 28.7 Å². The van der Waals surface area contributed by atoms with Crippen molar-refractivity contribution in [2.75, 3.05) is 27.4 Å². The summed E-state index contributed by atoms with van der Waals surface area (Å²) in [5, 5.41) is 0.671. The van der Waals surface area contributed by atoms with Gasteiger partial charge in [-0.1, -0.05) is 41.9 Å². The van der Waals surface area contributed by atoms with Crippen LogP contribution in [0.1, 0.15) is 28.3 Å². The molecule has 166 valence electrons. The molecule has 1 heterocycles. The number of halogens is 1. The van der Waals surface area contributed by atoms with Gasteiger partial charge in [0.25, 0.3) is 5.91 Å². The van der Waals surface area contributed by atoms with Gasteiger partial charge in [0, 0.05) is 11.6 Å². The highest BCUT2D eigenvalue weighted by molar-refractivity contribution is 6.31. The largest absolute Gasteiger partial charge is 0.493 e. The standard InChI is InChI=1S/C26H26ClNO4/c1-17-13-20(9-10-22(17)27)32-16-25(29)28-12-11-19-14-23(30-2)24(31-3)15-21(19)26(28)18-7-5-4-6-8-18/h4-10,13-15,26H,11-12,16H2,1-3H3/t26-/m0/s1. The number of hydrogen-bond acceptors (Lipinski definition) is 4. The van der Waals surface area contributed by atoms with E-state index < -0.39 is 0 Å². The fourth-order valence-electron chi connectivity index (χ4n) is 4.14. The number of benzene rings is 3. The van der Waals surface area contributed by atoms with Gasteiger partial charge in [0.1, 0.15) is 5.75 Å². The predicted molar refractivity (Wildman–Crippen MR) is 125 cm³/mol. The summed E-state index contributed by atoms with van der Waals surface area (Å²) < 4.78 is 16.8. The van der Waals surface area contributed by atoms with Crippen molar-refractivity contribution in [2.24, 2.45) is 0 Å². The quantitative estimate of drug-likeness (QED) is 0.515. The topological polar surface area (TPSA) is 48.0 Å². The molecule has 0 spiro atoms. The number of hydrogen-bond donors (Lipinski definition) is 0. The van der Waals surface area contributed by atoms with Crippen LogP contribution in [-0.2, 0) is 11.2 Å². The molecule has 0 unspecified atom stereocenters. The maximum absolute atomic E-state index is 13.3. The molecule has 0 bridgehead atoms. The normalized spacial score (nSPS) is 15.1. The minimum Gasteiger partial charge on any atom is -0.493 e. The summed E-state index contributed by atoms with van der Waals surface area (Å²) in [4.78, 5) is 15.2. The SMILES string of the molecule is COc1cc2c(cc1OC)[C@H](c1ccccc1)N(C(=O)COc1ccc(Cl)c(C)c1)CC2. The Hall–Kier alpha value is -3.18. The van der Waals surface area contributed by atoms with Gasteiger partial charge in [-0.05, 0) is 65.9 Å². The fraction of sp³-hybridized carbons (Fsp3) is 0.269. The number of carbonyl (C=O) groups is 1. The van der Waals surface area contributed by atoms with Crippen LogP contribution >= 0.6 is 11.6 Å². The van der Waals surface area contributed by atoms with Gasteiger partial charge in [0.15, 0.2) is 18.1 Å². The molecule has 3 aromatic rings. The van der Waals surface area contributed by atoms with Crippen molar-refractivity contribution in [1.29, 1.82) is 0 Å². The van der Waals surface area contributed by atoms with Crippen LogP contribution in [0.15, 0.2) is 60.7 Å². The Morgan fingerprint density at radius 1 is 1.03 bits per heavy atom. The van der Waals surface area contributed by atoms with E-state index in [9.17, 15) is 4.79 Å². The first-order chi connectivity index (χ1) is 15.5. The highest BCUT2D eigenvalue weighted by Gasteiger charge is 2.33. The maximum Gasteiger partial charge on any atom is 0.261 e. The van der Waals surface area contributed by atoms with Crippen molar-refractivity contribution in [2.45, 2.75) is 19.4 Å². The zero-order chi connectivity index (χ0) is 22.7. The third kappa shape index (κ3) is 4.39. The zero-order valence-electron chi connectivity index (χ0n) is 18.4. The van der Waals surface area contributed by atoms with Gasteiger partial charge < -0.3 is 19.1 Å². The molecule has 0 fully saturated rings. The summed E-state index contributed by atoms with van der Waals surface area (Å²) >= 11 is 6.10. The molecule has 6 heteroatoms. The van der Waals surface area contributed by atoms with Gasteiger partial charge in [-0.3, -0.25) is 4.79 Å². The predicted octanol–water partition coefficient (Wildman–Crippen LogP) is 5.22. The average molecular weight is 452 g/mol. The van der Waals surface area contributed by atoms with E-state index in [2.05, 4.69) is 0 Å². The summed E-state index contributed by atoms with van der Waals surface area (Å²) in [5.41, 5.74) is 4.13. The van der Waals surface area contributed by atoms with Crippen molar-refractivity contribution in [1.82, 2.24) is 4.90 Å². The Kier molecular flexibility index (Phi) is 6.56. The molecule has 0 aromatic heterocycles. The van der Waals surface area contributed by atoms with Gasteiger partial charge in [-0.25, -0.2) is 0 Å². The molecule has 4 rings (SSSR count). The minimum atomic E-state index is -0.234. The van der Waals surface area contributed by atoms with Crippen LogP contribution in [0.3, 0.4) is 0 Å². The lowest BCUT2D eigenvalue weighted by Gasteiger charge is -2.38. The van der Waals surface area contributed by atoms with Crippen LogP contribution in [-0.4, -0.2) is 38.2 Å². The Morgan fingerprint density at radius 3 is 2.44 bits per heavy atom. The first-order valence-electron chi connectivity index (χ1n) is 10.5. The van der Waals surface area contributed by atoms with Gasteiger partial charge in [-0.2, -0.15) is 0 Å². The smallest absolute Gasteiger partial charge is 0.261 e. The molecule has 0 radical (unpaired) electrons. The van der Waals surface area contributed by atoms with Crippen LogP contribution < -0.4 is 14.2 Å². The third-order valence-electron chi connectivity index (χ3n) is 5.80. The van der Waals surface area contributed by atoms with Crippen LogP contribution in [0, 0.1) is 6.92 Å². The number of ether oxygens (including phenoxy) is 3. The average Bonchev–Trinajstić information content (AvgIpc) is 2.83. The lowest BCUT2D eigenvalue weighted by atomic mass is 9.87. The van der Waals surface area contributed by atoms with Crippen molar-refractivity contribution in [3.8, 4) is 17.2 Å². The summed E-state index contributed by atoms with van der Waals surface area (Å²) in [5.74, 6) is 1.89. The molecule has 32 heavy (non-hydrogen) atoms. The first kappa shape index (κ1) is 22.0. The molecule has 1 amide bonds. The van der Waals surface area contributed by atoms with E-state index in [1.165, 1.54) is 0 Å². The van der Waals surface area contributed by atoms with Gasteiger partial charge in [0.2, 0.25) is 0 Å². The van der Waals surface area contributed by atoms with Gasteiger partial charge in [-0.15, -0.1) is 0 Å². The molecule has 1 aliphatic heterocycles. The monoisotopic (exact) mass is 451 g/mol. The van der Waals surface area contributed by atoms with Crippen LogP contribution in [0.5, 0.6) is 17.2 Å². The molecular weight excluding hydrogens is 426 g/mol. The Balaban J connectivity index is 1.65. The number of methoxy groups -OCH3 is 2. The Bertz CT molecular complexity index is 1120. The summed E-state index contributed by atoms with van der Waals surface area (Å²) in [6.07, 6.45) is 0.727. The molecule has 1 aliphatic rings. The second-order valence-electron chi connectivity index (χ2n) is 7.76. The molecule has 0 saturated heterocycles. The second-order valence-corrected chi connectivity index (χ2v) is 8.16. The summed E-state index contributed by atoms with van der Waals surface area (Å²) in [6, 6.07) is 19.2. The molecule has 3 aromatic carbocycles. The Morgan fingerprint density at radius 2 is 1.75 bits per heavy atom. The molecule has 0 N–H and O–H groups in total. The van der Waals surface area contributed by atoms with E-state index >= 15 is 0 Å². The second kappa shape index (κ2) is 9.53. The van der Waals surface area contributed by atoms with Gasteiger partial charge >= 0.3 is 0 Å². The summed E-state index contributed by atoms with van der Waals surface area (Å²) in [7, 11) is 3.25. The fourth-order valence-corrected chi connectivity index (χ4v) is 4.26. The highest BCUT2D eigenvalue weighted by atomic mass is 35.5. The number of rotatable bonds is 6. The van der Waals surface area contributed by atoms with E-state index in [4.69, 9.17) is 25.8 Å². The van der Waals surface area contributed by atoms with Gasteiger partial charge in [0.05, 0.1) is 20.3 Å². The molecule has 5 nitrogen and oxygen atoms in total. The highest BCUT2D eigenvalue weighted by Crippen LogP contribution is 2.41.